The van der Waals surface area contributed by atoms with Gasteiger partial charge in [0.1, 0.15) is 11.5 Å². The minimum absolute atomic E-state index is 0.450. The molecular formula is C13H21NO2. The van der Waals surface area contributed by atoms with Gasteiger partial charge < -0.3 is 15.2 Å². The average Bonchev–Trinajstić information content (AvgIpc) is 2.18. The van der Waals surface area contributed by atoms with Crippen LogP contribution in [-0.4, -0.2) is 14.2 Å². The largest absolute Gasteiger partial charge is 0.496 e. The molecule has 0 aliphatic carbocycles. The third-order valence-corrected chi connectivity index (χ3v) is 2.75. The quantitative estimate of drug-likeness (QED) is 0.856. The number of hydrogen-bond acceptors (Lipinski definition) is 3. The van der Waals surface area contributed by atoms with Gasteiger partial charge in [-0.05, 0) is 44.9 Å². The number of rotatable bonds is 3. The van der Waals surface area contributed by atoms with Crippen molar-refractivity contribution < 1.29 is 9.47 Å². The fourth-order valence-corrected chi connectivity index (χ4v) is 2.11. The molecule has 3 nitrogen and oxygen atoms in total. The molecule has 0 saturated heterocycles. The Kier molecular flexibility index (Phi) is 3.48. The van der Waals surface area contributed by atoms with Crippen LogP contribution in [0, 0.1) is 13.8 Å². The predicted molar refractivity (Wildman–Crippen MR) is 66.2 cm³/mol. The van der Waals surface area contributed by atoms with Gasteiger partial charge in [-0.15, -0.1) is 0 Å². The summed E-state index contributed by atoms with van der Waals surface area (Å²) in [5, 5.41) is 0. The molecule has 0 unspecified atom stereocenters. The maximum Gasteiger partial charge on any atom is 0.127 e. The summed E-state index contributed by atoms with van der Waals surface area (Å²) >= 11 is 0. The van der Waals surface area contributed by atoms with Crippen LogP contribution in [0.5, 0.6) is 11.5 Å². The van der Waals surface area contributed by atoms with Gasteiger partial charge in [-0.25, -0.2) is 0 Å². The van der Waals surface area contributed by atoms with E-state index in [4.69, 9.17) is 15.2 Å². The van der Waals surface area contributed by atoms with Crippen LogP contribution in [0.15, 0.2) is 6.07 Å². The van der Waals surface area contributed by atoms with Crippen LogP contribution in [0.4, 0.5) is 0 Å². The number of methoxy groups -OCH3 is 2. The molecule has 0 aliphatic heterocycles. The van der Waals surface area contributed by atoms with Gasteiger partial charge in [-0.2, -0.15) is 0 Å². The normalized spacial score (nSPS) is 11.4. The summed E-state index contributed by atoms with van der Waals surface area (Å²) in [6, 6.07) is 1.98. The van der Waals surface area contributed by atoms with E-state index >= 15 is 0 Å². The van der Waals surface area contributed by atoms with Crippen molar-refractivity contribution >= 4 is 0 Å². The van der Waals surface area contributed by atoms with Gasteiger partial charge in [0.15, 0.2) is 0 Å². The number of aryl methyl sites for hydroxylation is 1. The highest BCUT2D eigenvalue weighted by Gasteiger charge is 2.25. The van der Waals surface area contributed by atoms with E-state index in [9.17, 15) is 0 Å². The van der Waals surface area contributed by atoms with Crippen LogP contribution in [0.2, 0.25) is 0 Å². The van der Waals surface area contributed by atoms with Crippen LogP contribution >= 0.6 is 0 Å². The summed E-state index contributed by atoms with van der Waals surface area (Å²) in [4.78, 5) is 0. The molecule has 16 heavy (non-hydrogen) atoms. The van der Waals surface area contributed by atoms with Gasteiger partial charge >= 0.3 is 0 Å². The van der Waals surface area contributed by atoms with Crippen LogP contribution in [0.3, 0.4) is 0 Å². The third-order valence-electron chi connectivity index (χ3n) is 2.75. The predicted octanol–water partition coefficient (Wildman–Crippen LogP) is 2.51. The molecule has 0 amide bonds. The van der Waals surface area contributed by atoms with Gasteiger partial charge in [0.25, 0.3) is 0 Å². The lowest BCUT2D eigenvalue weighted by Gasteiger charge is -2.27. The Hall–Kier alpha value is -1.22. The second-order valence-electron chi connectivity index (χ2n) is 4.65. The van der Waals surface area contributed by atoms with Crippen molar-refractivity contribution in [3.63, 3.8) is 0 Å². The Morgan fingerprint density at radius 2 is 1.69 bits per heavy atom. The monoisotopic (exact) mass is 223 g/mol. The van der Waals surface area contributed by atoms with Crippen LogP contribution in [0.1, 0.15) is 30.5 Å². The molecule has 0 radical (unpaired) electrons. The van der Waals surface area contributed by atoms with Crippen molar-refractivity contribution in [2.45, 2.75) is 33.2 Å². The van der Waals surface area contributed by atoms with Gasteiger partial charge in [0, 0.05) is 11.1 Å². The zero-order valence-electron chi connectivity index (χ0n) is 11.0. The Morgan fingerprint density at radius 3 is 2.06 bits per heavy atom. The third kappa shape index (κ3) is 2.14. The lowest BCUT2D eigenvalue weighted by Crippen LogP contribution is -2.30. The highest BCUT2D eigenvalue weighted by atomic mass is 16.5. The number of hydrogen-bond donors (Lipinski definition) is 1. The van der Waals surface area contributed by atoms with E-state index in [1.165, 1.54) is 0 Å². The van der Waals surface area contributed by atoms with Gasteiger partial charge in [0.2, 0.25) is 0 Å². The summed E-state index contributed by atoms with van der Waals surface area (Å²) in [7, 11) is 3.34. The maximum absolute atomic E-state index is 6.19. The Balaban J connectivity index is 3.59. The maximum atomic E-state index is 6.19. The van der Waals surface area contributed by atoms with E-state index in [0.29, 0.717) is 0 Å². The molecule has 1 rings (SSSR count). The van der Waals surface area contributed by atoms with Crippen molar-refractivity contribution in [1.82, 2.24) is 0 Å². The highest BCUT2D eigenvalue weighted by Crippen LogP contribution is 2.38. The van der Waals surface area contributed by atoms with Gasteiger partial charge in [-0.3, -0.25) is 0 Å². The standard InChI is InChI=1S/C13H21NO2/c1-8-7-10(15-5)9(2)11(12(8)16-6)13(3,4)14/h7H,14H2,1-6H3. The van der Waals surface area contributed by atoms with Crippen LogP contribution in [0.25, 0.3) is 0 Å². The minimum atomic E-state index is -0.450. The number of ether oxygens (including phenoxy) is 2. The van der Waals surface area contributed by atoms with E-state index in [1.54, 1.807) is 14.2 Å². The van der Waals surface area contributed by atoms with E-state index < -0.39 is 5.54 Å². The molecule has 0 bridgehead atoms. The Bertz CT molecular complexity index is 392. The van der Waals surface area contributed by atoms with Crippen molar-refractivity contribution in [3.8, 4) is 11.5 Å². The molecule has 3 heteroatoms. The molecule has 0 spiro atoms. The molecule has 2 N–H and O–H groups in total. The molecule has 0 atom stereocenters. The fourth-order valence-electron chi connectivity index (χ4n) is 2.11. The van der Waals surface area contributed by atoms with Gasteiger partial charge in [-0.1, -0.05) is 0 Å². The first-order chi connectivity index (χ1) is 7.32. The summed E-state index contributed by atoms with van der Waals surface area (Å²) in [5.74, 6) is 1.71. The highest BCUT2D eigenvalue weighted by molar-refractivity contribution is 5.55. The van der Waals surface area contributed by atoms with Crippen LogP contribution in [-0.2, 0) is 5.54 Å². The Labute approximate surface area is 97.6 Å². The number of benzene rings is 1. The molecular weight excluding hydrogens is 202 g/mol. The lowest BCUT2D eigenvalue weighted by molar-refractivity contribution is 0.379. The lowest BCUT2D eigenvalue weighted by atomic mass is 9.88. The molecule has 0 fully saturated rings. The second-order valence-corrected chi connectivity index (χ2v) is 4.65. The summed E-state index contributed by atoms with van der Waals surface area (Å²) < 4.78 is 10.8. The minimum Gasteiger partial charge on any atom is -0.496 e. The molecule has 1 aromatic carbocycles. The first kappa shape index (κ1) is 12.8. The van der Waals surface area contributed by atoms with E-state index in [-0.39, 0.29) is 0 Å². The fraction of sp³-hybridized carbons (Fsp3) is 0.538. The molecule has 1 aromatic rings. The average molecular weight is 223 g/mol. The first-order valence-electron chi connectivity index (χ1n) is 5.34. The van der Waals surface area contributed by atoms with Gasteiger partial charge in [0.05, 0.1) is 14.2 Å². The molecule has 90 valence electrons. The molecule has 0 saturated carbocycles. The number of nitrogens with two attached hydrogens (primary N) is 1. The molecule has 0 aliphatic rings. The van der Waals surface area contributed by atoms with Crippen molar-refractivity contribution in [2.75, 3.05) is 14.2 Å². The SMILES string of the molecule is COc1cc(C)c(OC)c(C(C)(C)N)c1C. The molecule has 0 aromatic heterocycles. The summed E-state index contributed by atoms with van der Waals surface area (Å²) in [5.41, 5.74) is 8.83. The zero-order valence-corrected chi connectivity index (χ0v) is 11.0. The smallest absolute Gasteiger partial charge is 0.127 e. The Morgan fingerprint density at radius 1 is 1.12 bits per heavy atom. The van der Waals surface area contributed by atoms with E-state index in [0.717, 1.165) is 28.2 Å². The van der Waals surface area contributed by atoms with Crippen LogP contribution < -0.4 is 15.2 Å². The topological polar surface area (TPSA) is 44.5 Å². The summed E-state index contributed by atoms with van der Waals surface area (Å²) in [6.45, 7) is 7.94. The van der Waals surface area contributed by atoms with Crippen molar-refractivity contribution in [2.24, 2.45) is 5.73 Å². The molecule has 0 heterocycles. The van der Waals surface area contributed by atoms with Crippen molar-refractivity contribution in [3.05, 3.63) is 22.8 Å². The first-order valence-corrected chi connectivity index (χ1v) is 5.34. The summed E-state index contributed by atoms with van der Waals surface area (Å²) in [6.07, 6.45) is 0. The zero-order chi connectivity index (χ0) is 12.5. The van der Waals surface area contributed by atoms with Crippen molar-refractivity contribution in [1.29, 1.82) is 0 Å². The van der Waals surface area contributed by atoms with E-state index in [1.807, 2.05) is 33.8 Å². The van der Waals surface area contributed by atoms with E-state index in [2.05, 4.69) is 0 Å². The second kappa shape index (κ2) is 4.34.